The molecule has 0 spiro atoms. The fourth-order valence-electron chi connectivity index (χ4n) is 8.39. The van der Waals surface area contributed by atoms with Gasteiger partial charge in [-0.3, -0.25) is 0 Å². The summed E-state index contributed by atoms with van der Waals surface area (Å²) in [5, 5.41) is 8.39. The van der Waals surface area contributed by atoms with Crippen molar-refractivity contribution >= 4 is 77.8 Å². The van der Waals surface area contributed by atoms with Gasteiger partial charge >= 0.3 is 0 Å². The van der Waals surface area contributed by atoms with Crippen molar-refractivity contribution in [1.82, 2.24) is 0 Å². The number of fused-ring (bicyclic) bond motifs is 8. The number of hydrogen-bond acceptors (Lipinski definition) is 2. The second-order valence-electron chi connectivity index (χ2n) is 14.1. The molecular weight excluding hydrogens is 651 g/mol. The van der Waals surface area contributed by atoms with Crippen molar-refractivity contribution in [2.45, 2.75) is 13.1 Å². The summed E-state index contributed by atoms with van der Waals surface area (Å²) in [6, 6.07) is 65.1. The Morgan fingerprint density at radius 3 is 1.98 bits per heavy atom. The van der Waals surface area contributed by atoms with Crippen LogP contribution in [0.25, 0.3) is 64.3 Å². The predicted molar refractivity (Wildman–Crippen MR) is 225 cm³/mol. The molecular formula is C48H35NSSi. The lowest BCUT2D eigenvalue weighted by molar-refractivity contribution is 1.29. The van der Waals surface area contributed by atoms with Gasteiger partial charge < -0.3 is 4.90 Å². The second-order valence-corrected chi connectivity index (χ2v) is 19.5. The Bertz CT molecular complexity index is 2770. The molecule has 1 aliphatic rings. The van der Waals surface area contributed by atoms with Crippen LogP contribution >= 0.6 is 11.3 Å². The molecule has 0 fully saturated rings. The molecule has 1 nitrogen and oxygen atoms in total. The highest BCUT2D eigenvalue weighted by molar-refractivity contribution is 7.26. The number of benzene rings is 8. The van der Waals surface area contributed by atoms with Crippen molar-refractivity contribution in [2.24, 2.45) is 0 Å². The van der Waals surface area contributed by atoms with Crippen molar-refractivity contribution in [2.75, 3.05) is 4.90 Å². The fraction of sp³-hybridized carbons (Fsp3) is 0.0417. The molecule has 3 heteroatoms. The van der Waals surface area contributed by atoms with Gasteiger partial charge in [0, 0.05) is 37.1 Å². The Balaban J connectivity index is 1.17. The van der Waals surface area contributed by atoms with Gasteiger partial charge in [-0.05, 0) is 91.4 Å². The monoisotopic (exact) mass is 685 g/mol. The summed E-state index contributed by atoms with van der Waals surface area (Å²) in [5.41, 5.74) is 11.3. The number of nitrogens with zero attached hydrogens (tertiary/aromatic N) is 1. The topological polar surface area (TPSA) is 3.24 Å². The van der Waals surface area contributed by atoms with E-state index in [0.717, 1.165) is 5.69 Å². The molecule has 0 N–H and O–H groups in total. The number of rotatable bonds is 5. The zero-order valence-corrected chi connectivity index (χ0v) is 30.4. The largest absolute Gasteiger partial charge is 0.310 e. The van der Waals surface area contributed by atoms with Gasteiger partial charge in [0.05, 0.1) is 5.69 Å². The molecule has 2 heterocycles. The van der Waals surface area contributed by atoms with Crippen molar-refractivity contribution in [3.05, 3.63) is 176 Å². The Hall–Kier alpha value is -5.74. The minimum absolute atomic E-state index is 1.14. The fourth-order valence-corrected chi connectivity index (χ4v) is 12.6. The van der Waals surface area contributed by atoms with Crippen LogP contribution in [-0.4, -0.2) is 8.07 Å². The third kappa shape index (κ3) is 4.73. The molecule has 1 aromatic heterocycles. The van der Waals surface area contributed by atoms with Gasteiger partial charge in [0.2, 0.25) is 0 Å². The summed E-state index contributed by atoms with van der Waals surface area (Å²) in [6.07, 6.45) is 0. The van der Waals surface area contributed by atoms with Crippen molar-refractivity contribution in [3.63, 3.8) is 0 Å². The van der Waals surface area contributed by atoms with E-state index in [9.17, 15) is 0 Å². The van der Waals surface area contributed by atoms with Gasteiger partial charge in [-0.1, -0.05) is 147 Å². The third-order valence-corrected chi connectivity index (χ3v) is 15.5. The Morgan fingerprint density at radius 1 is 0.451 bits per heavy atom. The van der Waals surface area contributed by atoms with Crippen LogP contribution in [0, 0.1) is 0 Å². The Morgan fingerprint density at radius 2 is 1.12 bits per heavy atom. The lowest BCUT2D eigenvalue weighted by Gasteiger charge is -2.29. The number of hydrogen-bond donors (Lipinski definition) is 0. The van der Waals surface area contributed by atoms with Crippen molar-refractivity contribution in [1.29, 1.82) is 0 Å². The first-order chi connectivity index (χ1) is 25.1. The van der Waals surface area contributed by atoms with Gasteiger partial charge in [0.1, 0.15) is 8.07 Å². The molecule has 0 bridgehead atoms. The lowest BCUT2D eigenvalue weighted by atomic mass is 9.97. The molecule has 0 saturated carbocycles. The number of para-hydroxylation sites is 1. The number of thiophene rings is 1. The first kappa shape index (κ1) is 30.1. The highest BCUT2D eigenvalue weighted by Gasteiger charge is 2.39. The first-order valence-electron chi connectivity index (χ1n) is 17.7. The molecule has 9 aromatic rings. The maximum Gasteiger partial charge on any atom is 0.113 e. The summed E-state index contributed by atoms with van der Waals surface area (Å²) in [5.74, 6) is 0. The van der Waals surface area contributed by atoms with Crippen LogP contribution in [-0.2, 0) is 0 Å². The molecule has 8 aromatic carbocycles. The van der Waals surface area contributed by atoms with E-state index in [4.69, 9.17) is 0 Å². The van der Waals surface area contributed by atoms with E-state index in [-0.39, 0.29) is 0 Å². The van der Waals surface area contributed by atoms with Crippen LogP contribution in [0.1, 0.15) is 0 Å². The SMILES string of the molecule is C[Si]1(C)c2cc(N(c3ccc(-c4cccc5ccccc45)cc3)c3ccccc3-c3ccccc3)ccc2-c2c1ccc1sc3ccccc3c21. The molecule has 0 atom stereocenters. The highest BCUT2D eigenvalue weighted by Crippen LogP contribution is 2.45. The second kappa shape index (κ2) is 11.7. The summed E-state index contributed by atoms with van der Waals surface area (Å²) >= 11 is 1.91. The van der Waals surface area contributed by atoms with Gasteiger partial charge in [-0.25, -0.2) is 0 Å². The van der Waals surface area contributed by atoms with E-state index in [1.54, 1.807) is 5.19 Å². The molecule has 10 rings (SSSR count). The van der Waals surface area contributed by atoms with E-state index < -0.39 is 8.07 Å². The van der Waals surface area contributed by atoms with Crippen LogP contribution in [0.2, 0.25) is 13.1 Å². The minimum Gasteiger partial charge on any atom is -0.310 e. The molecule has 242 valence electrons. The Kier molecular flexibility index (Phi) is 6.89. The quantitative estimate of drug-likeness (QED) is 0.163. The van der Waals surface area contributed by atoms with Crippen LogP contribution in [0.15, 0.2) is 176 Å². The average Bonchev–Trinajstić information content (AvgIpc) is 3.67. The molecule has 1 aliphatic heterocycles. The molecule has 0 unspecified atom stereocenters. The van der Waals surface area contributed by atoms with Crippen molar-refractivity contribution in [3.8, 4) is 33.4 Å². The smallest absolute Gasteiger partial charge is 0.113 e. The molecule has 51 heavy (non-hydrogen) atoms. The third-order valence-electron chi connectivity index (χ3n) is 10.9. The summed E-state index contributed by atoms with van der Waals surface area (Å²) in [7, 11) is -2.02. The van der Waals surface area contributed by atoms with Gasteiger partial charge in [-0.15, -0.1) is 11.3 Å². The van der Waals surface area contributed by atoms with Crippen LogP contribution in [0.3, 0.4) is 0 Å². The Labute approximate surface area is 303 Å². The van der Waals surface area contributed by atoms with Crippen LogP contribution < -0.4 is 15.3 Å². The van der Waals surface area contributed by atoms with Crippen LogP contribution in [0.4, 0.5) is 17.1 Å². The molecule has 0 amide bonds. The standard InChI is InChI=1S/C48H35NSSi/c1-51(2)45-30-29-44-47(40-19-9-11-22-43(40)50-44)48(45)41-28-27-36(31-46(41)51)49(42-21-10-8-18-39(42)33-13-4-3-5-14-33)35-25-23-34(24-26-35)38-20-12-16-32-15-6-7-17-37(32)38/h3-31H,1-2H3. The normalized spacial score (nSPS) is 13.1. The van der Waals surface area contributed by atoms with Crippen LogP contribution in [0.5, 0.6) is 0 Å². The van der Waals surface area contributed by atoms with E-state index in [2.05, 4.69) is 194 Å². The summed E-state index contributed by atoms with van der Waals surface area (Å²) < 4.78 is 2.74. The van der Waals surface area contributed by atoms with Gasteiger partial charge in [0.25, 0.3) is 0 Å². The van der Waals surface area contributed by atoms with Crippen molar-refractivity contribution < 1.29 is 0 Å². The minimum atomic E-state index is -2.02. The highest BCUT2D eigenvalue weighted by atomic mass is 32.1. The lowest BCUT2D eigenvalue weighted by Crippen LogP contribution is -2.49. The van der Waals surface area contributed by atoms with Gasteiger partial charge in [-0.2, -0.15) is 0 Å². The molecule has 0 aliphatic carbocycles. The zero-order chi connectivity index (χ0) is 34.1. The maximum absolute atomic E-state index is 2.53. The van der Waals surface area contributed by atoms with E-state index in [1.807, 2.05) is 11.3 Å². The predicted octanol–water partition coefficient (Wildman–Crippen LogP) is 12.8. The molecule has 0 radical (unpaired) electrons. The van der Waals surface area contributed by atoms with E-state index in [1.165, 1.54) is 80.9 Å². The summed E-state index contributed by atoms with van der Waals surface area (Å²) in [6.45, 7) is 5.06. The maximum atomic E-state index is 2.53. The zero-order valence-electron chi connectivity index (χ0n) is 28.6. The van der Waals surface area contributed by atoms with E-state index >= 15 is 0 Å². The summed E-state index contributed by atoms with van der Waals surface area (Å²) in [4.78, 5) is 2.47. The van der Waals surface area contributed by atoms with Gasteiger partial charge in [0.15, 0.2) is 0 Å². The number of anilines is 3. The first-order valence-corrected chi connectivity index (χ1v) is 21.5. The average molecular weight is 686 g/mol. The van der Waals surface area contributed by atoms with E-state index in [0.29, 0.717) is 0 Å². The molecule has 0 saturated heterocycles.